The fraction of sp³-hybridized carbons (Fsp3) is 0.371. The molecule has 2 aliphatic rings. The number of fused-ring (bicyclic) bond motifs is 1. The molecule has 3 amide bonds. The molecule has 240 valence electrons. The maximum atomic E-state index is 12.9. The topological polar surface area (TPSA) is 123 Å². The van der Waals surface area contributed by atoms with Gasteiger partial charge in [-0.25, -0.2) is 14.8 Å². The van der Waals surface area contributed by atoms with E-state index in [1.54, 1.807) is 38.1 Å². The highest BCUT2D eigenvalue weighted by atomic mass is 16.5. The first-order chi connectivity index (χ1) is 22.0. The summed E-state index contributed by atoms with van der Waals surface area (Å²) in [5.74, 6) is 1.39. The average Bonchev–Trinajstić information content (AvgIpc) is 3.55. The standard InChI is InChI=1S/C35H41N7O4/c1-35(2,45)25-9-14-29-30(21-25)38-31(39-32(29)41-17-19-46-20-18-41)23-5-10-26(11-6-23)36-34(44)37-27-12-7-24(8-13-27)33(43)42-16-15-28(22-42)40(3)4/h5-14,21,28,45H,15-20,22H2,1-4H3,(H2,36,37,44)/t28-/m0/s1. The van der Waals surface area contributed by atoms with E-state index in [0.29, 0.717) is 42.0 Å². The number of likely N-dealkylation sites (N-methyl/N-ethyl adjacent to an activating group) is 1. The Balaban J connectivity index is 1.14. The van der Waals surface area contributed by atoms with E-state index >= 15 is 0 Å². The van der Waals surface area contributed by atoms with Gasteiger partial charge in [0.25, 0.3) is 5.91 Å². The van der Waals surface area contributed by atoms with Gasteiger partial charge in [-0.2, -0.15) is 0 Å². The largest absolute Gasteiger partial charge is 0.386 e. The molecule has 0 saturated carbocycles. The van der Waals surface area contributed by atoms with E-state index in [1.165, 1.54) is 0 Å². The van der Waals surface area contributed by atoms with Gasteiger partial charge in [-0.15, -0.1) is 0 Å². The first kappa shape index (κ1) is 31.4. The number of hydrogen-bond acceptors (Lipinski definition) is 8. The number of ether oxygens (including phenoxy) is 1. The molecule has 11 heteroatoms. The van der Waals surface area contributed by atoms with Crippen molar-refractivity contribution >= 4 is 40.0 Å². The molecule has 0 aliphatic carbocycles. The zero-order valence-electron chi connectivity index (χ0n) is 26.8. The highest BCUT2D eigenvalue weighted by Gasteiger charge is 2.28. The lowest BCUT2D eigenvalue weighted by Gasteiger charge is -2.29. The number of hydrogen-bond donors (Lipinski definition) is 3. The summed E-state index contributed by atoms with van der Waals surface area (Å²) in [5.41, 5.74) is 3.11. The van der Waals surface area contributed by atoms with Crippen LogP contribution in [0.15, 0.2) is 66.7 Å². The zero-order valence-corrected chi connectivity index (χ0v) is 26.8. The van der Waals surface area contributed by atoms with Crippen molar-refractivity contribution in [2.45, 2.75) is 31.9 Å². The Morgan fingerprint density at radius 3 is 2.17 bits per heavy atom. The molecule has 4 aromatic rings. The van der Waals surface area contributed by atoms with Crippen LogP contribution < -0.4 is 15.5 Å². The molecule has 0 spiro atoms. The molecule has 1 atom stereocenters. The molecular formula is C35H41N7O4. The summed E-state index contributed by atoms with van der Waals surface area (Å²) >= 11 is 0. The number of carbonyl (C=O) groups excluding carboxylic acids is 2. The lowest BCUT2D eigenvalue weighted by molar-refractivity contribution is 0.0778. The lowest BCUT2D eigenvalue weighted by Crippen LogP contribution is -2.37. The van der Waals surface area contributed by atoms with Crippen LogP contribution >= 0.6 is 0 Å². The van der Waals surface area contributed by atoms with Crippen molar-refractivity contribution in [3.8, 4) is 11.4 Å². The molecule has 2 saturated heterocycles. The molecule has 46 heavy (non-hydrogen) atoms. The Labute approximate surface area is 269 Å². The van der Waals surface area contributed by atoms with Crippen LogP contribution in [0.5, 0.6) is 0 Å². The van der Waals surface area contributed by atoms with Crippen molar-refractivity contribution < 1.29 is 19.4 Å². The summed E-state index contributed by atoms with van der Waals surface area (Å²) in [6.45, 7) is 7.69. The molecule has 3 aromatic carbocycles. The number of aliphatic hydroxyl groups is 1. The van der Waals surface area contributed by atoms with E-state index < -0.39 is 11.6 Å². The maximum Gasteiger partial charge on any atom is 0.323 e. The first-order valence-corrected chi connectivity index (χ1v) is 15.7. The summed E-state index contributed by atoms with van der Waals surface area (Å²) in [7, 11) is 4.07. The van der Waals surface area contributed by atoms with Gasteiger partial charge in [0.1, 0.15) is 5.82 Å². The summed E-state index contributed by atoms with van der Waals surface area (Å²) in [6, 6.07) is 20.1. The molecule has 3 N–H and O–H groups in total. The van der Waals surface area contributed by atoms with Crippen molar-refractivity contribution in [2.24, 2.45) is 0 Å². The van der Waals surface area contributed by atoms with E-state index in [0.717, 1.165) is 60.4 Å². The van der Waals surface area contributed by atoms with Crippen molar-refractivity contribution in [1.82, 2.24) is 19.8 Å². The van der Waals surface area contributed by atoms with Gasteiger partial charge >= 0.3 is 6.03 Å². The SMILES string of the molecule is CN(C)[C@H]1CCN(C(=O)c2ccc(NC(=O)Nc3ccc(-c4nc(N5CCOCC5)c5ccc(C(C)(C)O)cc5n4)cc3)cc2)C1. The van der Waals surface area contributed by atoms with Gasteiger partial charge in [-0.1, -0.05) is 6.07 Å². The molecular weight excluding hydrogens is 582 g/mol. The number of anilines is 3. The second-order valence-electron chi connectivity index (χ2n) is 12.7. The van der Waals surface area contributed by atoms with Gasteiger partial charge in [-0.05, 0) is 101 Å². The summed E-state index contributed by atoms with van der Waals surface area (Å²) in [6.07, 6.45) is 0.967. The number of morpholine rings is 1. The average molecular weight is 624 g/mol. The fourth-order valence-electron chi connectivity index (χ4n) is 5.86. The molecule has 11 nitrogen and oxygen atoms in total. The molecule has 0 radical (unpaired) electrons. The number of nitrogens with one attached hydrogen (secondary N) is 2. The van der Waals surface area contributed by atoms with Gasteiger partial charge in [0.2, 0.25) is 0 Å². The second kappa shape index (κ2) is 13.0. The minimum atomic E-state index is -1.00. The van der Waals surface area contributed by atoms with Crippen molar-refractivity contribution in [1.29, 1.82) is 0 Å². The minimum Gasteiger partial charge on any atom is -0.386 e. The maximum absolute atomic E-state index is 12.9. The number of rotatable bonds is 7. The highest BCUT2D eigenvalue weighted by Crippen LogP contribution is 2.32. The fourth-order valence-corrected chi connectivity index (χ4v) is 5.86. The number of urea groups is 1. The van der Waals surface area contributed by atoms with Crippen LogP contribution in [0, 0.1) is 0 Å². The van der Waals surface area contributed by atoms with Crippen molar-refractivity contribution in [3.63, 3.8) is 0 Å². The van der Waals surface area contributed by atoms with Gasteiger partial charge in [-0.3, -0.25) is 4.79 Å². The van der Waals surface area contributed by atoms with E-state index in [4.69, 9.17) is 14.7 Å². The van der Waals surface area contributed by atoms with Crippen LogP contribution in [0.1, 0.15) is 36.2 Å². The molecule has 2 aliphatic heterocycles. The van der Waals surface area contributed by atoms with Crippen LogP contribution in [-0.2, 0) is 10.3 Å². The van der Waals surface area contributed by atoms with Gasteiger partial charge in [0, 0.05) is 60.1 Å². The molecule has 6 rings (SSSR count). The summed E-state index contributed by atoms with van der Waals surface area (Å²) in [4.78, 5) is 41.8. The van der Waals surface area contributed by atoms with E-state index in [2.05, 4.69) is 20.4 Å². The van der Waals surface area contributed by atoms with Crippen LogP contribution in [0.25, 0.3) is 22.3 Å². The Morgan fingerprint density at radius 1 is 0.913 bits per heavy atom. The third-order valence-corrected chi connectivity index (χ3v) is 8.67. The lowest BCUT2D eigenvalue weighted by atomic mass is 9.97. The first-order valence-electron chi connectivity index (χ1n) is 15.7. The normalized spacial score (nSPS) is 17.0. The van der Waals surface area contributed by atoms with Crippen molar-refractivity contribution in [3.05, 3.63) is 77.9 Å². The van der Waals surface area contributed by atoms with Crippen LogP contribution in [0.4, 0.5) is 22.0 Å². The molecule has 2 fully saturated rings. The van der Waals surface area contributed by atoms with Crippen LogP contribution in [0.2, 0.25) is 0 Å². The van der Waals surface area contributed by atoms with Gasteiger partial charge < -0.3 is 35.2 Å². The Kier molecular flexibility index (Phi) is 8.90. The zero-order chi connectivity index (χ0) is 32.4. The van der Waals surface area contributed by atoms with Crippen molar-refractivity contribution in [2.75, 3.05) is 69.0 Å². The van der Waals surface area contributed by atoms with E-state index in [9.17, 15) is 14.7 Å². The monoisotopic (exact) mass is 623 g/mol. The second-order valence-corrected chi connectivity index (χ2v) is 12.7. The van der Waals surface area contributed by atoms with E-state index in [1.807, 2.05) is 61.5 Å². The highest BCUT2D eigenvalue weighted by molar-refractivity contribution is 6.00. The minimum absolute atomic E-state index is 0.00516. The summed E-state index contributed by atoms with van der Waals surface area (Å²) < 4.78 is 5.56. The number of likely N-dealkylation sites (tertiary alicyclic amines) is 1. The summed E-state index contributed by atoms with van der Waals surface area (Å²) in [5, 5.41) is 17.2. The number of benzene rings is 3. The number of amides is 3. The van der Waals surface area contributed by atoms with Crippen LogP contribution in [0.3, 0.4) is 0 Å². The van der Waals surface area contributed by atoms with Gasteiger partial charge in [0.05, 0.1) is 24.3 Å². The predicted molar refractivity (Wildman–Crippen MR) is 180 cm³/mol. The third kappa shape index (κ3) is 6.96. The molecule has 3 heterocycles. The Hall–Kier alpha value is -4.58. The molecule has 0 unspecified atom stereocenters. The quantitative estimate of drug-likeness (QED) is 0.269. The third-order valence-electron chi connectivity index (χ3n) is 8.67. The van der Waals surface area contributed by atoms with Crippen LogP contribution in [-0.4, -0.2) is 96.3 Å². The molecule has 1 aromatic heterocycles. The molecule has 0 bridgehead atoms. The van der Waals surface area contributed by atoms with Gasteiger partial charge in [0.15, 0.2) is 5.82 Å². The Bertz CT molecular complexity index is 1710. The Morgan fingerprint density at radius 2 is 1.57 bits per heavy atom. The number of aromatic nitrogens is 2. The van der Waals surface area contributed by atoms with E-state index in [-0.39, 0.29) is 5.91 Å². The number of carbonyl (C=O) groups is 2. The number of nitrogens with zero attached hydrogens (tertiary/aromatic N) is 5. The smallest absolute Gasteiger partial charge is 0.323 e. The predicted octanol–water partition coefficient (Wildman–Crippen LogP) is 4.78.